The molecule has 4 heterocycles. The largest absolute Gasteiger partial charge is 0.338 e. The van der Waals surface area contributed by atoms with Crippen molar-refractivity contribution >= 4 is 32.6 Å². The van der Waals surface area contributed by atoms with Crippen molar-refractivity contribution in [2.24, 2.45) is 0 Å². The fraction of sp³-hybridized carbons (Fsp3) is 0.348. The molecule has 0 bridgehead atoms. The molecule has 0 saturated carbocycles. The van der Waals surface area contributed by atoms with Gasteiger partial charge in [-0.3, -0.25) is 4.79 Å². The van der Waals surface area contributed by atoms with E-state index in [9.17, 15) is 4.79 Å². The molecule has 8 heteroatoms. The Kier molecular flexibility index (Phi) is 5.23. The summed E-state index contributed by atoms with van der Waals surface area (Å²) < 4.78 is 6.20. The molecule has 4 aromatic rings. The summed E-state index contributed by atoms with van der Waals surface area (Å²) in [7, 11) is 0. The summed E-state index contributed by atoms with van der Waals surface area (Å²) in [5, 5.41) is 4.70. The molecular weight excluding hydrogens is 410 g/mol. The SMILES string of the molecule is Cc1noc(-c2cnc3nc(N4CCC[C@@H]4C(=O)CCc4ccccc4C)sc3c2)n1. The van der Waals surface area contributed by atoms with Crippen LogP contribution >= 0.6 is 11.3 Å². The van der Waals surface area contributed by atoms with Gasteiger partial charge in [-0.25, -0.2) is 4.98 Å². The van der Waals surface area contributed by atoms with Gasteiger partial charge in [0.25, 0.3) is 5.89 Å². The molecule has 158 valence electrons. The van der Waals surface area contributed by atoms with Crippen LogP contribution in [0.4, 0.5) is 5.13 Å². The van der Waals surface area contributed by atoms with Gasteiger partial charge in [-0.2, -0.15) is 9.97 Å². The number of fused-ring (bicyclic) bond motifs is 1. The molecule has 0 unspecified atom stereocenters. The maximum absolute atomic E-state index is 13.1. The normalized spacial score (nSPS) is 16.3. The standard InChI is InChI=1S/C23H23N5O2S/c1-14-6-3-4-7-16(14)9-10-19(29)18-8-5-11-28(18)23-26-21-20(31-23)12-17(13-24-21)22-25-15(2)27-30-22/h3-4,6-7,12-13,18H,5,8-11H2,1-2H3/t18-/m1/s1. The smallest absolute Gasteiger partial charge is 0.259 e. The second-order valence-electron chi connectivity index (χ2n) is 7.93. The van der Waals surface area contributed by atoms with E-state index in [2.05, 4.69) is 39.1 Å². The molecule has 0 amide bonds. The van der Waals surface area contributed by atoms with E-state index in [1.165, 1.54) is 11.1 Å². The van der Waals surface area contributed by atoms with E-state index in [0.29, 0.717) is 23.8 Å². The fourth-order valence-electron chi connectivity index (χ4n) is 4.11. The first kappa shape index (κ1) is 19.8. The molecule has 1 fully saturated rings. The van der Waals surface area contributed by atoms with Gasteiger partial charge in [-0.15, -0.1) is 0 Å². The van der Waals surface area contributed by atoms with E-state index in [4.69, 9.17) is 9.51 Å². The zero-order chi connectivity index (χ0) is 21.4. The number of ketones is 1. The highest BCUT2D eigenvalue weighted by Gasteiger charge is 2.32. The quantitative estimate of drug-likeness (QED) is 0.442. The van der Waals surface area contributed by atoms with Crippen molar-refractivity contribution in [2.45, 2.75) is 45.6 Å². The average Bonchev–Trinajstić information content (AvgIpc) is 3.51. The number of Topliss-reactive ketones (excluding diaryl/α,β-unsaturated/α-hetero) is 1. The average molecular weight is 434 g/mol. The van der Waals surface area contributed by atoms with Crippen LogP contribution < -0.4 is 4.90 Å². The highest BCUT2D eigenvalue weighted by molar-refractivity contribution is 7.22. The van der Waals surface area contributed by atoms with E-state index in [0.717, 1.165) is 41.2 Å². The van der Waals surface area contributed by atoms with Crippen LogP contribution in [-0.4, -0.2) is 38.5 Å². The third-order valence-corrected chi connectivity index (χ3v) is 6.81. The number of hydrogen-bond acceptors (Lipinski definition) is 8. The number of carbonyl (C=O) groups is 1. The maximum atomic E-state index is 13.1. The van der Waals surface area contributed by atoms with Gasteiger partial charge in [0, 0.05) is 19.2 Å². The number of hydrogen-bond donors (Lipinski definition) is 0. The maximum Gasteiger partial charge on any atom is 0.259 e. The van der Waals surface area contributed by atoms with Crippen molar-refractivity contribution in [3.8, 4) is 11.5 Å². The van der Waals surface area contributed by atoms with Crippen LogP contribution in [0.1, 0.15) is 36.2 Å². The summed E-state index contributed by atoms with van der Waals surface area (Å²) in [6, 6.07) is 10.1. The minimum atomic E-state index is -0.109. The van der Waals surface area contributed by atoms with Crippen molar-refractivity contribution in [3.05, 3.63) is 53.5 Å². The predicted octanol–water partition coefficient (Wildman–Crippen LogP) is 4.53. The van der Waals surface area contributed by atoms with Crippen LogP contribution in [-0.2, 0) is 11.2 Å². The third-order valence-electron chi connectivity index (χ3n) is 5.78. The summed E-state index contributed by atoms with van der Waals surface area (Å²) in [6.45, 7) is 4.73. The fourth-order valence-corrected chi connectivity index (χ4v) is 5.15. The van der Waals surface area contributed by atoms with E-state index >= 15 is 0 Å². The summed E-state index contributed by atoms with van der Waals surface area (Å²) in [5.74, 6) is 1.33. The van der Waals surface area contributed by atoms with Crippen LogP contribution in [0.5, 0.6) is 0 Å². The highest BCUT2D eigenvalue weighted by atomic mass is 32.1. The highest BCUT2D eigenvalue weighted by Crippen LogP contribution is 2.34. The monoisotopic (exact) mass is 433 g/mol. The van der Waals surface area contributed by atoms with Crippen molar-refractivity contribution in [3.63, 3.8) is 0 Å². The van der Waals surface area contributed by atoms with E-state index in [1.54, 1.807) is 24.5 Å². The van der Waals surface area contributed by atoms with Crippen molar-refractivity contribution in [2.75, 3.05) is 11.4 Å². The van der Waals surface area contributed by atoms with Crippen LogP contribution in [0.2, 0.25) is 0 Å². The second-order valence-corrected chi connectivity index (χ2v) is 8.94. The number of anilines is 1. The Morgan fingerprint density at radius 2 is 2.13 bits per heavy atom. The molecule has 7 nitrogen and oxygen atoms in total. The lowest BCUT2D eigenvalue weighted by Gasteiger charge is -2.22. The molecule has 1 aliphatic rings. The minimum absolute atomic E-state index is 0.109. The number of pyridine rings is 1. The number of carbonyl (C=O) groups excluding carboxylic acids is 1. The molecule has 5 rings (SSSR count). The number of aryl methyl sites for hydroxylation is 3. The summed E-state index contributed by atoms with van der Waals surface area (Å²) in [4.78, 5) is 28.7. The molecule has 1 aliphatic heterocycles. The lowest BCUT2D eigenvalue weighted by atomic mass is 9.99. The first-order chi connectivity index (χ1) is 15.1. The molecule has 0 spiro atoms. The first-order valence-corrected chi connectivity index (χ1v) is 11.3. The Bertz CT molecular complexity index is 1250. The van der Waals surface area contributed by atoms with Gasteiger partial charge in [0.1, 0.15) is 0 Å². The molecule has 0 radical (unpaired) electrons. The second kappa shape index (κ2) is 8.19. The summed E-state index contributed by atoms with van der Waals surface area (Å²) >= 11 is 1.56. The van der Waals surface area contributed by atoms with E-state index in [-0.39, 0.29) is 11.8 Å². The van der Waals surface area contributed by atoms with Crippen molar-refractivity contribution in [1.82, 2.24) is 20.1 Å². The molecule has 1 saturated heterocycles. The van der Waals surface area contributed by atoms with Gasteiger partial charge in [0.2, 0.25) is 0 Å². The minimum Gasteiger partial charge on any atom is -0.338 e. The van der Waals surface area contributed by atoms with Gasteiger partial charge in [0.15, 0.2) is 22.4 Å². The molecule has 0 aliphatic carbocycles. The number of benzene rings is 1. The Labute approximate surface area is 184 Å². The lowest BCUT2D eigenvalue weighted by molar-refractivity contribution is -0.120. The number of nitrogens with zero attached hydrogens (tertiary/aromatic N) is 5. The molecular formula is C23H23N5O2S. The Morgan fingerprint density at radius 3 is 2.94 bits per heavy atom. The number of rotatable bonds is 6. The van der Waals surface area contributed by atoms with Crippen LogP contribution in [0, 0.1) is 13.8 Å². The molecule has 3 aromatic heterocycles. The molecule has 1 aromatic carbocycles. The summed E-state index contributed by atoms with van der Waals surface area (Å²) in [5.41, 5.74) is 3.94. The predicted molar refractivity (Wildman–Crippen MR) is 120 cm³/mol. The number of thiazole rings is 1. The first-order valence-electron chi connectivity index (χ1n) is 10.5. The zero-order valence-corrected chi connectivity index (χ0v) is 18.4. The third kappa shape index (κ3) is 3.95. The Morgan fingerprint density at radius 1 is 1.26 bits per heavy atom. The lowest BCUT2D eigenvalue weighted by Crippen LogP contribution is -2.36. The Hall–Kier alpha value is -3.13. The van der Waals surface area contributed by atoms with Gasteiger partial charge < -0.3 is 9.42 Å². The van der Waals surface area contributed by atoms with Crippen LogP contribution in [0.15, 0.2) is 41.1 Å². The van der Waals surface area contributed by atoms with Gasteiger partial charge in [-0.05, 0) is 50.3 Å². The van der Waals surface area contributed by atoms with E-state index in [1.807, 2.05) is 18.2 Å². The van der Waals surface area contributed by atoms with Gasteiger partial charge in [0.05, 0.1) is 16.3 Å². The van der Waals surface area contributed by atoms with Gasteiger partial charge >= 0.3 is 0 Å². The molecule has 1 atom stereocenters. The van der Waals surface area contributed by atoms with Crippen molar-refractivity contribution < 1.29 is 9.32 Å². The molecule has 0 N–H and O–H groups in total. The molecule has 31 heavy (non-hydrogen) atoms. The Balaban J connectivity index is 1.34. The van der Waals surface area contributed by atoms with Crippen LogP contribution in [0.25, 0.3) is 21.8 Å². The van der Waals surface area contributed by atoms with E-state index < -0.39 is 0 Å². The summed E-state index contributed by atoms with van der Waals surface area (Å²) in [6.07, 6.45) is 4.91. The number of aromatic nitrogens is 4. The van der Waals surface area contributed by atoms with Crippen molar-refractivity contribution in [1.29, 1.82) is 0 Å². The zero-order valence-electron chi connectivity index (χ0n) is 17.5. The van der Waals surface area contributed by atoms with Crippen LogP contribution in [0.3, 0.4) is 0 Å². The van der Waals surface area contributed by atoms with Gasteiger partial charge in [-0.1, -0.05) is 40.8 Å². The topological polar surface area (TPSA) is 85.0 Å².